The first-order valence-corrected chi connectivity index (χ1v) is 8.24. The zero-order chi connectivity index (χ0) is 14.2. The average Bonchev–Trinajstić information content (AvgIpc) is 2.40. The Morgan fingerprint density at radius 3 is 2.05 bits per heavy atom. The Kier molecular flexibility index (Phi) is 3.72. The van der Waals surface area contributed by atoms with E-state index >= 15 is 0 Å². The van der Waals surface area contributed by atoms with Crippen molar-refractivity contribution in [2.75, 3.05) is 13.1 Å². The third kappa shape index (κ3) is 2.18. The van der Waals surface area contributed by atoms with Crippen molar-refractivity contribution in [3.05, 3.63) is 46.0 Å². The fourth-order valence-electron chi connectivity index (χ4n) is 2.63. The molecule has 1 aliphatic rings. The number of nitrogens with zero attached hydrogens (tertiary/aromatic N) is 1. The molecule has 0 radical (unpaired) electrons. The summed E-state index contributed by atoms with van der Waals surface area (Å²) in [6, 6.07) is 7.79. The van der Waals surface area contributed by atoms with E-state index in [4.69, 9.17) is 0 Å². The maximum atomic E-state index is 12.3. The minimum atomic E-state index is -3.14. The van der Waals surface area contributed by atoms with Crippen LogP contribution in [0.15, 0.2) is 34.9 Å². The molecule has 0 N–H and O–H groups in total. The molecule has 0 saturated carbocycles. The van der Waals surface area contributed by atoms with Crippen molar-refractivity contribution < 1.29 is 8.42 Å². The molecule has 0 amide bonds. The lowest BCUT2D eigenvalue weighted by Crippen LogP contribution is -2.38. The van der Waals surface area contributed by atoms with Gasteiger partial charge in [0.15, 0.2) is 9.84 Å². The van der Waals surface area contributed by atoms with Gasteiger partial charge >= 0.3 is 0 Å². The average molecular weight is 279 g/mol. The number of benzene rings is 1. The van der Waals surface area contributed by atoms with Gasteiger partial charge in [-0.1, -0.05) is 29.8 Å². The second-order valence-corrected chi connectivity index (χ2v) is 7.12. The smallest absolute Gasteiger partial charge is 0.188 e. The Morgan fingerprint density at radius 1 is 1.05 bits per heavy atom. The summed E-state index contributed by atoms with van der Waals surface area (Å²) in [5.74, 6) is 0. The Hall–Kier alpha value is -1.29. The zero-order valence-corrected chi connectivity index (χ0v) is 12.8. The zero-order valence-electron chi connectivity index (χ0n) is 12.0. The molecule has 1 aromatic rings. The highest BCUT2D eigenvalue weighted by molar-refractivity contribution is 7.97. The van der Waals surface area contributed by atoms with Crippen molar-refractivity contribution in [3.63, 3.8) is 0 Å². The number of hydrogen-bond donors (Lipinski definition) is 0. The number of sulfone groups is 1. The van der Waals surface area contributed by atoms with E-state index in [-0.39, 0.29) is 0 Å². The van der Waals surface area contributed by atoms with Gasteiger partial charge in [0, 0.05) is 13.1 Å². The van der Waals surface area contributed by atoms with E-state index in [1.807, 2.05) is 31.2 Å². The predicted octanol–water partition coefficient (Wildman–Crippen LogP) is 3.04. The molecule has 3 nitrogen and oxygen atoms in total. The molecular weight excluding hydrogens is 258 g/mol. The van der Waals surface area contributed by atoms with Crippen LogP contribution in [0.1, 0.15) is 37.1 Å². The van der Waals surface area contributed by atoms with E-state index < -0.39 is 15.1 Å². The van der Waals surface area contributed by atoms with Gasteiger partial charge < -0.3 is 4.90 Å². The van der Waals surface area contributed by atoms with Crippen LogP contribution >= 0.6 is 0 Å². The molecule has 0 bridgehead atoms. The van der Waals surface area contributed by atoms with Crippen LogP contribution in [0.4, 0.5) is 0 Å². The first kappa shape index (κ1) is 14.1. The lowest BCUT2D eigenvalue weighted by atomic mass is 10.1. The van der Waals surface area contributed by atoms with Gasteiger partial charge in [0.25, 0.3) is 0 Å². The van der Waals surface area contributed by atoms with Gasteiger partial charge in [-0.05, 0) is 33.3 Å². The Morgan fingerprint density at radius 2 is 1.58 bits per heavy atom. The lowest BCUT2D eigenvalue weighted by Gasteiger charge is -2.39. The molecule has 1 aromatic carbocycles. The molecule has 1 heterocycles. The SMILES string of the molecule is CCN(CC)C1=C(C)S(=O)(=O)[C@@H]1c1ccc(C)cc1. The standard InChI is InChI=1S/C15H21NO2S/c1-5-16(6-2)14-12(4)19(17,18)15(14)13-9-7-11(3)8-10-13/h7-10,15H,5-6H2,1-4H3/t15-/m1/s1. The van der Waals surface area contributed by atoms with Gasteiger partial charge in [0.05, 0.1) is 10.6 Å². The molecule has 1 aliphatic heterocycles. The first-order chi connectivity index (χ1) is 8.93. The minimum absolute atomic E-state index is 0.479. The summed E-state index contributed by atoms with van der Waals surface area (Å²) in [7, 11) is -3.14. The molecule has 1 atom stereocenters. The molecule has 0 saturated heterocycles. The Bertz CT molecular complexity index is 596. The van der Waals surface area contributed by atoms with Crippen LogP contribution in [0.5, 0.6) is 0 Å². The fourth-order valence-corrected chi connectivity index (χ4v) is 4.47. The highest BCUT2D eigenvalue weighted by Crippen LogP contribution is 2.47. The second kappa shape index (κ2) is 5.00. The van der Waals surface area contributed by atoms with Gasteiger partial charge in [-0.25, -0.2) is 8.42 Å². The highest BCUT2D eigenvalue weighted by atomic mass is 32.2. The molecule has 19 heavy (non-hydrogen) atoms. The number of allylic oxidation sites excluding steroid dienone is 1. The number of aryl methyl sites for hydroxylation is 1. The van der Waals surface area contributed by atoms with Crippen molar-refractivity contribution in [1.29, 1.82) is 0 Å². The van der Waals surface area contributed by atoms with Crippen LogP contribution in [0.3, 0.4) is 0 Å². The molecule has 104 valence electrons. The van der Waals surface area contributed by atoms with Gasteiger partial charge in [-0.2, -0.15) is 0 Å². The molecule has 0 fully saturated rings. The van der Waals surface area contributed by atoms with Crippen LogP contribution < -0.4 is 0 Å². The van der Waals surface area contributed by atoms with Crippen LogP contribution in [-0.2, 0) is 9.84 Å². The molecule has 0 spiro atoms. The summed E-state index contributed by atoms with van der Waals surface area (Å²) in [6.07, 6.45) is 0. The maximum absolute atomic E-state index is 12.3. The van der Waals surface area contributed by atoms with Crippen LogP contribution in [0, 0.1) is 6.92 Å². The van der Waals surface area contributed by atoms with Gasteiger partial charge in [0.2, 0.25) is 0 Å². The van der Waals surface area contributed by atoms with Crippen molar-refractivity contribution in [1.82, 2.24) is 4.90 Å². The number of hydrogen-bond acceptors (Lipinski definition) is 3. The van der Waals surface area contributed by atoms with Crippen LogP contribution in [-0.4, -0.2) is 26.4 Å². The highest BCUT2D eigenvalue weighted by Gasteiger charge is 2.45. The van der Waals surface area contributed by atoms with E-state index in [1.54, 1.807) is 6.92 Å². The van der Waals surface area contributed by atoms with E-state index in [1.165, 1.54) is 0 Å². The summed E-state index contributed by atoms with van der Waals surface area (Å²) in [5.41, 5.74) is 2.98. The van der Waals surface area contributed by atoms with Gasteiger partial charge in [0.1, 0.15) is 5.25 Å². The molecule has 0 aromatic heterocycles. The first-order valence-electron chi connectivity index (χ1n) is 6.69. The van der Waals surface area contributed by atoms with E-state index in [0.717, 1.165) is 29.9 Å². The normalized spacial score (nSPS) is 21.2. The van der Waals surface area contributed by atoms with Crippen molar-refractivity contribution in [2.24, 2.45) is 0 Å². The van der Waals surface area contributed by atoms with Crippen molar-refractivity contribution in [3.8, 4) is 0 Å². The summed E-state index contributed by atoms with van der Waals surface area (Å²) < 4.78 is 24.6. The largest absolute Gasteiger partial charge is 0.373 e. The summed E-state index contributed by atoms with van der Waals surface area (Å²) in [4.78, 5) is 2.67. The monoisotopic (exact) mass is 279 g/mol. The summed E-state index contributed by atoms with van der Waals surface area (Å²) in [5, 5.41) is -0.479. The van der Waals surface area contributed by atoms with E-state index in [9.17, 15) is 8.42 Å². The lowest BCUT2D eigenvalue weighted by molar-refractivity contribution is 0.359. The fraction of sp³-hybridized carbons (Fsp3) is 0.467. The second-order valence-electron chi connectivity index (χ2n) is 4.95. The molecule has 0 aliphatic carbocycles. The Balaban J connectivity index is 2.48. The van der Waals surface area contributed by atoms with E-state index in [2.05, 4.69) is 18.7 Å². The molecule has 2 rings (SSSR count). The molecule has 0 unspecified atom stereocenters. The minimum Gasteiger partial charge on any atom is -0.373 e. The van der Waals surface area contributed by atoms with Crippen LogP contribution in [0.25, 0.3) is 0 Å². The molecule has 4 heteroatoms. The van der Waals surface area contributed by atoms with Crippen LogP contribution in [0.2, 0.25) is 0 Å². The van der Waals surface area contributed by atoms with Crippen molar-refractivity contribution >= 4 is 9.84 Å². The molecular formula is C15H21NO2S. The quantitative estimate of drug-likeness (QED) is 0.850. The summed E-state index contributed by atoms with van der Waals surface area (Å²) >= 11 is 0. The predicted molar refractivity (Wildman–Crippen MR) is 78.5 cm³/mol. The third-order valence-electron chi connectivity index (χ3n) is 3.83. The third-order valence-corrected chi connectivity index (χ3v) is 6.01. The van der Waals surface area contributed by atoms with Gasteiger partial charge in [-0.3, -0.25) is 0 Å². The topological polar surface area (TPSA) is 37.4 Å². The maximum Gasteiger partial charge on any atom is 0.188 e. The number of rotatable bonds is 4. The summed E-state index contributed by atoms with van der Waals surface area (Å²) in [6.45, 7) is 9.50. The van der Waals surface area contributed by atoms with Crippen molar-refractivity contribution in [2.45, 2.75) is 32.9 Å². The van der Waals surface area contributed by atoms with E-state index in [0.29, 0.717) is 4.91 Å². The Labute approximate surface area is 115 Å². The number of likely N-dealkylation sites (N-methyl/N-ethyl adjacent to an activating group) is 1. The van der Waals surface area contributed by atoms with Gasteiger partial charge in [-0.15, -0.1) is 0 Å².